The molecule has 2 aromatic rings. The molecular formula is C14H17FN2O. The smallest absolute Gasteiger partial charge is 0.123 e. The molecule has 2 N–H and O–H groups in total. The molecule has 0 bridgehead atoms. The molecule has 18 heavy (non-hydrogen) atoms. The first-order valence-corrected chi connectivity index (χ1v) is 5.88. The summed E-state index contributed by atoms with van der Waals surface area (Å²) in [6.07, 6.45) is 0. The quantitative estimate of drug-likeness (QED) is 0.884. The van der Waals surface area contributed by atoms with E-state index in [9.17, 15) is 4.39 Å². The van der Waals surface area contributed by atoms with Crippen LogP contribution in [0.4, 0.5) is 4.39 Å². The Hall–Kier alpha value is -1.65. The highest BCUT2D eigenvalue weighted by Gasteiger charge is 2.06. The van der Waals surface area contributed by atoms with Gasteiger partial charge in [-0.1, -0.05) is 12.1 Å². The first-order valence-electron chi connectivity index (χ1n) is 5.88. The van der Waals surface area contributed by atoms with Crippen LogP contribution in [0.2, 0.25) is 0 Å². The lowest BCUT2D eigenvalue weighted by atomic mass is 10.2. The summed E-state index contributed by atoms with van der Waals surface area (Å²) in [5.74, 6) is 1.45. The SMILES string of the molecule is CN(Cc1cccc(F)c1)Cc1ccc(CN)o1. The highest BCUT2D eigenvalue weighted by molar-refractivity contribution is 5.16. The molecule has 0 aliphatic carbocycles. The van der Waals surface area contributed by atoms with Crippen LogP contribution in [-0.4, -0.2) is 11.9 Å². The van der Waals surface area contributed by atoms with E-state index in [1.807, 2.05) is 25.2 Å². The van der Waals surface area contributed by atoms with Gasteiger partial charge in [-0.05, 0) is 36.9 Å². The summed E-state index contributed by atoms with van der Waals surface area (Å²) in [7, 11) is 1.97. The molecule has 0 radical (unpaired) electrons. The molecule has 1 aromatic heterocycles. The molecule has 0 aliphatic rings. The summed E-state index contributed by atoms with van der Waals surface area (Å²) >= 11 is 0. The van der Waals surface area contributed by atoms with Crippen molar-refractivity contribution >= 4 is 0 Å². The molecule has 0 unspecified atom stereocenters. The third kappa shape index (κ3) is 3.42. The molecule has 1 heterocycles. The Bertz CT molecular complexity index is 510. The predicted octanol–water partition coefficient (Wildman–Crippen LogP) is 2.51. The van der Waals surface area contributed by atoms with Crippen LogP contribution in [0.3, 0.4) is 0 Å². The summed E-state index contributed by atoms with van der Waals surface area (Å²) in [4.78, 5) is 2.06. The van der Waals surface area contributed by atoms with Gasteiger partial charge in [0.15, 0.2) is 0 Å². The largest absolute Gasteiger partial charge is 0.463 e. The highest BCUT2D eigenvalue weighted by Crippen LogP contribution is 2.12. The average molecular weight is 248 g/mol. The number of furan rings is 1. The van der Waals surface area contributed by atoms with E-state index < -0.39 is 0 Å². The maximum Gasteiger partial charge on any atom is 0.123 e. The van der Waals surface area contributed by atoms with Crippen LogP contribution in [0.15, 0.2) is 40.8 Å². The van der Waals surface area contributed by atoms with Crippen molar-refractivity contribution in [1.82, 2.24) is 4.90 Å². The molecular weight excluding hydrogens is 231 g/mol. The van der Waals surface area contributed by atoms with Gasteiger partial charge in [0, 0.05) is 6.54 Å². The van der Waals surface area contributed by atoms with Gasteiger partial charge in [0.05, 0.1) is 13.1 Å². The first kappa shape index (κ1) is 12.8. The molecule has 0 spiro atoms. The topological polar surface area (TPSA) is 42.4 Å². The van der Waals surface area contributed by atoms with E-state index in [0.29, 0.717) is 19.6 Å². The fraction of sp³-hybridized carbons (Fsp3) is 0.286. The summed E-state index contributed by atoms with van der Waals surface area (Å²) in [6, 6.07) is 10.4. The Morgan fingerprint density at radius 1 is 1.17 bits per heavy atom. The lowest BCUT2D eigenvalue weighted by Crippen LogP contribution is -2.16. The van der Waals surface area contributed by atoms with Crippen molar-refractivity contribution in [2.24, 2.45) is 5.73 Å². The second-order valence-electron chi connectivity index (χ2n) is 4.37. The van der Waals surface area contributed by atoms with Crippen LogP contribution in [0.25, 0.3) is 0 Å². The van der Waals surface area contributed by atoms with E-state index in [1.165, 1.54) is 6.07 Å². The molecule has 4 heteroatoms. The first-order chi connectivity index (χ1) is 8.67. The van der Waals surface area contributed by atoms with Gasteiger partial charge < -0.3 is 10.2 Å². The zero-order valence-corrected chi connectivity index (χ0v) is 10.4. The van der Waals surface area contributed by atoms with E-state index in [4.69, 9.17) is 10.2 Å². The van der Waals surface area contributed by atoms with E-state index in [1.54, 1.807) is 12.1 Å². The summed E-state index contributed by atoms with van der Waals surface area (Å²) in [6.45, 7) is 1.76. The molecule has 0 amide bonds. The molecule has 0 aliphatic heterocycles. The van der Waals surface area contributed by atoms with E-state index in [2.05, 4.69) is 4.90 Å². The van der Waals surface area contributed by atoms with Gasteiger partial charge >= 0.3 is 0 Å². The lowest BCUT2D eigenvalue weighted by molar-refractivity contribution is 0.283. The Morgan fingerprint density at radius 3 is 2.61 bits per heavy atom. The van der Waals surface area contributed by atoms with Gasteiger partial charge in [0.2, 0.25) is 0 Å². The summed E-state index contributed by atoms with van der Waals surface area (Å²) in [5, 5.41) is 0. The predicted molar refractivity (Wildman–Crippen MR) is 68.2 cm³/mol. The van der Waals surface area contributed by atoms with Crippen LogP contribution < -0.4 is 5.73 Å². The molecule has 1 aromatic carbocycles. The number of nitrogens with two attached hydrogens (primary N) is 1. The normalized spacial score (nSPS) is 11.1. The minimum absolute atomic E-state index is 0.204. The third-order valence-electron chi connectivity index (χ3n) is 2.69. The lowest BCUT2D eigenvalue weighted by Gasteiger charge is -2.15. The Balaban J connectivity index is 1.94. The van der Waals surface area contributed by atoms with Gasteiger partial charge in [-0.25, -0.2) is 4.39 Å². The molecule has 3 nitrogen and oxygen atoms in total. The number of hydrogen-bond acceptors (Lipinski definition) is 3. The van der Waals surface area contributed by atoms with Crippen molar-refractivity contribution in [3.05, 3.63) is 59.3 Å². The third-order valence-corrected chi connectivity index (χ3v) is 2.69. The average Bonchev–Trinajstić information content (AvgIpc) is 2.76. The van der Waals surface area contributed by atoms with E-state index >= 15 is 0 Å². The Morgan fingerprint density at radius 2 is 1.94 bits per heavy atom. The maximum absolute atomic E-state index is 13.0. The maximum atomic E-state index is 13.0. The fourth-order valence-corrected chi connectivity index (χ4v) is 1.89. The Kier molecular flexibility index (Phi) is 4.12. The zero-order chi connectivity index (χ0) is 13.0. The number of benzene rings is 1. The van der Waals surface area contributed by atoms with Crippen LogP contribution in [-0.2, 0) is 19.6 Å². The van der Waals surface area contributed by atoms with Gasteiger partial charge in [0.1, 0.15) is 17.3 Å². The number of hydrogen-bond donors (Lipinski definition) is 1. The van der Waals surface area contributed by atoms with Crippen LogP contribution in [0.1, 0.15) is 17.1 Å². The van der Waals surface area contributed by atoms with Crippen LogP contribution >= 0.6 is 0 Å². The monoisotopic (exact) mass is 248 g/mol. The van der Waals surface area contributed by atoms with Crippen molar-refractivity contribution in [1.29, 1.82) is 0 Å². The minimum Gasteiger partial charge on any atom is -0.463 e. The van der Waals surface area contributed by atoms with Crippen molar-refractivity contribution < 1.29 is 8.81 Å². The summed E-state index contributed by atoms with van der Waals surface area (Å²) in [5.41, 5.74) is 6.43. The number of rotatable bonds is 5. The molecule has 96 valence electrons. The van der Waals surface area contributed by atoms with Crippen LogP contribution in [0, 0.1) is 5.82 Å². The molecule has 0 fully saturated rings. The fourth-order valence-electron chi connectivity index (χ4n) is 1.89. The van der Waals surface area contributed by atoms with Crippen molar-refractivity contribution in [3.63, 3.8) is 0 Å². The second-order valence-corrected chi connectivity index (χ2v) is 4.37. The molecule has 0 saturated carbocycles. The molecule has 0 saturated heterocycles. The van der Waals surface area contributed by atoms with Gasteiger partial charge in [-0.3, -0.25) is 4.90 Å². The van der Waals surface area contributed by atoms with Crippen molar-refractivity contribution in [3.8, 4) is 0 Å². The second kappa shape index (κ2) is 5.80. The molecule has 0 atom stereocenters. The van der Waals surface area contributed by atoms with Gasteiger partial charge in [-0.15, -0.1) is 0 Å². The zero-order valence-electron chi connectivity index (χ0n) is 10.4. The van der Waals surface area contributed by atoms with Crippen molar-refractivity contribution in [2.45, 2.75) is 19.6 Å². The highest BCUT2D eigenvalue weighted by atomic mass is 19.1. The summed E-state index contributed by atoms with van der Waals surface area (Å²) < 4.78 is 18.6. The van der Waals surface area contributed by atoms with Gasteiger partial charge in [-0.2, -0.15) is 0 Å². The minimum atomic E-state index is -0.204. The molecule has 2 rings (SSSR count). The van der Waals surface area contributed by atoms with Gasteiger partial charge in [0.25, 0.3) is 0 Å². The Labute approximate surface area is 106 Å². The van der Waals surface area contributed by atoms with Crippen molar-refractivity contribution in [2.75, 3.05) is 7.05 Å². The van der Waals surface area contributed by atoms with E-state index in [0.717, 1.165) is 17.1 Å². The number of nitrogens with zero attached hydrogens (tertiary/aromatic N) is 1. The van der Waals surface area contributed by atoms with E-state index in [-0.39, 0.29) is 5.82 Å². The standard InChI is InChI=1S/C14H17FN2O/c1-17(9-11-3-2-4-12(15)7-11)10-14-6-5-13(8-16)18-14/h2-7H,8-10,16H2,1H3. The van der Waals surface area contributed by atoms with Crippen LogP contribution in [0.5, 0.6) is 0 Å². The number of halogens is 1.